The first-order chi connectivity index (χ1) is 4.76. The van der Waals surface area contributed by atoms with Crippen molar-refractivity contribution in [2.24, 2.45) is 5.92 Å². The smallest absolute Gasteiger partial charge is 0.313 e. The average Bonchev–Trinajstić information content (AvgIpc) is 1.91. The summed E-state index contributed by atoms with van der Waals surface area (Å²) in [5, 5.41) is 0.579. The van der Waals surface area contributed by atoms with Crippen LogP contribution in [0.3, 0.4) is 0 Å². The molecule has 0 radical (unpaired) electrons. The molecular formula is C7H11BrO2. The molecule has 0 aromatic rings. The third-order valence-corrected chi connectivity index (χ3v) is 1.74. The Labute approximate surface area is 69.4 Å². The van der Waals surface area contributed by atoms with Crippen LogP contribution in [0.5, 0.6) is 0 Å². The van der Waals surface area contributed by atoms with Gasteiger partial charge in [-0.1, -0.05) is 22.0 Å². The van der Waals surface area contributed by atoms with Crippen LogP contribution in [0.1, 0.15) is 6.92 Å². The number of rotatable bonds is 4. The van der Waals surface area contributed by atoms with Crippen LogP contribution in [0.25, 0.3) is 0 Å². The highest BCUT2D eigenvalue weighted by molar-refractivity contribution is 9.09. The van der Waals surface area contributed by atoms with Gasteiger partial charge in [0.05, 0.1) is 12.5 Å². The summed E-state index contributed by atoms with van der Waals surface area (Å²) < 4.78 is 4.75. The minimum absolute atomic E-state index is 0.208. The number of carbonyl (C=O) groups excluding carboxylic acids is 1. The lowest BCUT2D eigenvalue weighted by Gasteiger charge is -2.06. The SMILES string of the molecule is C=CC(CBr)C(=O)OCC. The predicted octanol–water partition coefficient (Wildman–Crippen LogP) is 1.75. The van der Waals surface area contributed by atoms with Gasteiger partial charge in [-0.3, -0.25) is 4.79 Å². The van der Waals surface area contributed by atoms with Crippen molar-refractivity contribution in [3.8, 4) is 0 Å². The number of carbonyl (C=O) groups is 1. The van der Waals surface area contributed by atoms with Gasteiger partial charge in [0.1, 0.15) is 0 Å². The highest BCUT2D eigenvalue weighted by Gasteiger charge is 2.12. The van der Waals surface area contributed by atoms with E-state index in [9.17, 15) is 4.79 Å². The Morgan fingerprint density at radius 1 is 1.90 bits per heavy atom. The minimum atomic E-state index is -0.214. The molecule has 1 atom stereocenters. The van der Waals surface area contributed by atoms with Crippen molar-refractivity contribution >= 4 is 21.9 Å². The molecule has 1 unspecified atom stereocenters. The molecule has 58 valence electrons. The topological polar surface area (TPSA) is 26.3 Å². The summed E-state index contributed by atoms with van der Waals surface area (Å²) in [6.07, 6.45) is 1.58. The van der Waals surface area contributed by atoms with Gasteiger partial charge in [-0.05, 0) is 6.92 Å². The summed E-state index contributed by atoms with van der Waals surface area (Å²) in [4.78, 5) is 10.9. The molecule has 0 saturated carbocycles. The maximum atomic E-state index is 10.9. The number of ether oxygens (including phenoxy) is 1. The fourth-order valence-corrected chi connectivity index (χ4v) is 1.00. The maximum Gasteiger partial charge on any atom is 0.313 e. The van der Waals surface area contributed by atoms with E-state index in [1.54, 1.807) is 13.0 Å². The predicted molar refractivity (Wildman–Crippen MR) is 44.1 cm³/mol. The van der Waals surface area contributed by atoms with Crippen molar-refractivity contribution in [3.05, 3.63) is 12.7 Å². The number of hydrogen-bond acceptors (Lipinski definition) is 2. The largest absolute Gasteiger partial charge is 0.466 e. The van der Waals surface area contributed by atoms with Crippen molar-refractivity contribution in [2.75, 3.05) is 11.9 Å². The zero-order chi connectivity index (χ0) is 7.98. The fraction of sp³-hybridized carbons (Fsp3) is 0.571. The Morgan fingerprint density at radius 3 is 2.80 bits per heavy atom. The van der Waals surface area contributed by atoms with Gasteiger partial charge in [-0.2, -0.15) is 0 Å². The monoisotopic (exact) mass is 206 g/mol. The molecule has 0 rings (SSSR count). The van der Waals surface area contributed by atoms with E-state index in [1.807, 2.05) is 0 Å². The zero-order valence-corrected chi connectivity index (χ0v) is 7.56. The van der Waals surface area contributed by atoms with Crippen LogP contribution in [-0.4, -0.2) is 17.9 Å². The van der Waals surface area contributed by atoms with E-state index >= 15 is 0 Å². The van der Waals surface area contributed by atoms with E-state index in [4.69, 9.17) is 4.74 Å². The summed E-state index contributed by atoms with van der Waals surface area (Å²) in [5.41, 5.74) is 0. The van der Waals surface area contributed by atoms with E-state index in [0.717, 1.165) is 0 Å². The van der Waals surface area contributed by atoms with Crippen molar-refractivity contribution in [2.45, 2.75) is 6.92 Å². The number of esters is 1. The third-order valence-electron chi connectivity index (χ3n) is 1.04. The molecule has 0 bridgehead atoms. The molecule has 0 heterocycles. The maximum absolute atomic E-state index is 10.9. The van der Waals surface area contributed by atoms with Crippen LogP contribution in [0, 0.1) is 5.92 Å². The normalized spacial score (nSPS) is 12.2. The molecule has 0 aliphatic heterocycles. The first kappa shape index (κ1) is 9.69. The van der Waals surface area contributed by atoms with E-state index in [-0.39, 0.29) is 11.9 Å². The lowest BCUT2D eigenvalue weighted by atomic mass is 10.2. The zero-order valence-electron chi connectivity index (χ0n) is 5.97. The van der Waals surface area contributed by atoms with Gasteiger partial charge in [0.15, 0.2) is 0 Å². The Bertz CT molecular complexity index is 123. The summed E-state index contributed by atoms with van der Waals surface area (Å²) in [7, 11) is 0. The molecule has 0 aromatic carbocycles. The Morgan fingerprint density at radius 2 is 2.50 bits per heavy atom. The van der Waals surface area contributed by atoms with Gasteiger partial charge < -0.3 is 4.74 Å². The van der Waals surface area contributed by atoms with Gasteiger partial charge in [0.25, 0.3) is 0 Å². The minimum Gasteiger partial charge on any atom is -0.466 e. The van der Waals surface area contributed by atoms with Crippen LogP contribution >= 0.6 is 15.9 Å². The van der Waals surface area contributed by atoms with Crippen LogP contribution in [0.15, 0.2) is 12.7 Å². The first-order valence-corrected chi connectivity index (χ1v) is 4.23. The van der Waals surface area contributed by atoms with E-state index in [1.165, 1.54) is 0 Å². The standard InChI is InChI=1S/C7H11BrO2/c1-3-6(5-8)7(9)10-4-2/h3,6H,1,4-5H2,2H3. The van der Waals surface area contributed by atoms with Gasteiger partial charge in [0.2, 0.25) is 0 Å². The second-order valence-corrected chi connectivity index (χ2v) is 2.40. The van der Waals surface area contributed by atoms with Crippen molar-refractivity contribution in [1.82, 2.24) is 0 Å². The molecule has 0 aromatic heterocycles. The number of hydrogen-bond donors (Lipinski definition) is 0. The van der Waals surface area contributed by atoms with Crippen LogP contribution < -0.4 is 0 Å². The van der Waals surface area contributed by atoms with Gasteiger partial charge in [-0.25, -0.2) is 0 Å². The molecular weight excluding hydrogens is 196 g/mol. The molecule has 0 spiro atoms. The summed E-state index contributed by atoms with van der Waals surface area (Å²) in [6.45, 7) is 5.72. The first-order valence-electron chi connectivity index (χ1n) is 3.11. The Balaban J connectivity index is 3.76. The average molecular weight is 207 g/mol. The van der Waals surface area contributed by atoms with Crippen LogP contribution in [0.2, 0.25) is 0 Å². The Kier molecular flexibility index (Phi) is 5.30. The summed E-state index contributed by atoms with van der Waals surface area (Å²) >= 11 is 3.17. The number of halogens is 1. The van der Waals surface area contributed by atoms with Gasteiger partial charge in [-0.15, -0.1) is 6.58 Å². The van der Waals surface area contributed by atoms with Gasteiger partial charge >= 0.3 is 5.97 Å². The van der Waals surface area contributed by atoms with Gasteiger partial charge in [0, 0.05) is 5.33 Å². The van der Waals surface area contributed by atoms with Crippen molar-refractivity contribution in [3.63, 3.8) is 0 Å². The van der Waals surface area contributed by atoms with E-state index in [2.05, 4.69) is 22.5 Å². The second kappa shape index (κ2) is 5.47. The highest BCUT2D eigenvalue weighted by Crippen LogP contribution is 2.04. The molecule has 0 aliphatic carbocycles. The summed E-state index contributed by atoms with van der Waals surface area (Å²) in [5.74, 6) is -0.422. The van der Waals surface area contributed by atoms with E-state index < -0.39 is 0 Å². The molecule has 2 nitrogen and oxygen atoms in total. The number of alkyl halides is 1. The molecule has 0 saturated heterocycles. The molecule has 10 heavy (non-hydrogen) atoms. The molecule has 0 aliphatic rings. The quantitative estimate of drug-likeness (QED) is 0.398. The lowest BCUT2D eigenvalue weighted by molar-refractivity contribution is -0.145. The molecule has 0 amide bonds. The molecule has 0 N–H and O–H groups in total. The lowest BCUT2D eigenvalue weighted by Crippen LogP contribution is -2.16. The van der Waals surface area contributed by atoms with Crippen molar-refractivity contribution < 1.29 is 9.53 Å². The molecule has 0 fully saturated rings. The Hall–Kier alpha value is -0.310. The fourth-order valence-electron chi connectivity index (χ4n) is 0.472. The second-order valence-electron chi connectivity index (χ2n) is 1.75. The highest BCUT2D eigenvalue weighted by atomic mass is 79.9. The van der Waals surface area contributed by atoms with Crippen LogP contribution in [0.4, 0.5) is 0 Å². The van der Waals surface area contributed by atoms with Crippen LogP contribution in [-0.2, 0) is 9.53 Å². The van der Waals surface area contributed by atoms with Crippen molar-refractivity contribution in [1.29, 1.82) is 0 Å². The third kappa shape index (κ3) is 3.01. The van der Waals surface area contributed by atoms with E-state index in [0.29, 0.717) is 11.9 Å². The molecule has 3 heteroatoms. The summed E-state index contributed by atoms with van der Waals surface area (Å²) in [6, 6.07) is 0.